The van der Waals surface area contributed by atoms with Gasteiger partial charge in [-0.2, -0.15) is 9.41 Å². The van der Waals surface area contributed by atoms with Gasteiger partial charge in [-0.05, 0) is 44.6 Å². The molecule has 0 amide bonds. The summed E-state index contributed by atoms with van der Waals surface area (Å²) in [6.07, 6.45) is 9.94. The first-order valence-corrected chi connectivity index (χ1v) is 11.5. The van der Waals surface area contributed by atoms with E-state index in [-0.39, 0.29) is 10.6 Å². The molecule has 1 aliphatic carbocycles. The smallest absolute Gasteiger partial charge is 0.270 e. The third kappa shape index (κ3) is 5.08. The molecule has 1 aliphatic heterocycles. The zero-order valence-corrected chi connectivity index (χ0v) is 16.9. The third-order valence-corrected chi connectivity index (χ3v) is 7.31. The lowest BCUT2D eigenvalue weighted by molar-refractivity contribution is -0.385. The first-order valence-electron chi connectivity index (χ1n) is 10.1. The van der Waals surface area contributed by atoms with Gasteiger partial charge in [-0.1, -0.05) is 25.7 Å². The van der Waals surface area contributed by atoms with E-state index in [9.17, 15) is 18.5 Å². The molecule has 0 atom stereocenters. The van der Waals surface area contributed by atoms with Crippen LogP contribution in [0.1, 0.15) is 64.2 Å². The van der Waals surface area contributed by atoms with Crippen LogP contribution in [-0.2, 0) is 10.0 Å². The Bertz CT molecular complexity index is 820. The van der Waals surface area contributed by atoms with Gasteiger partial charge in [0.05, 0.1) is 10.6 Å². The second-order valence-electron chi connectivity index (χ2n) is 7.46. The van der Waals surface area contributed by atoms with Crippen LogP contribution in [0, 0.1) is 10.1 Å². The second-order valence-corrected chi connectivity index (χ2v) is 9.37. The highest BCUT2D eigenvalue weighted by Gasteiger charge is 2.29. The number of non-ortho nitro benzene ring substituents is 1. The number of hydrogen-bond acceptors (Lipinski definition) is 6. The van der Waals surface area contributed by atoms with Crippen molar-refractivity contribution in [1.29, 1.82) is 0 Å². The SMILES string of the molecule is O=[N+]([O-])c1ccc(NN=C2CCCCCC2)c(S(=O)(=O)N2CCCCCC2)c1. The summed E-state index contributed by atoms with van der Waals surface area (Å²) in [5, 5.41) is 15.7. The van der Waals surface area contributed by atoms with Gasteiger partial charge in [-0.15, -0.1) is 0 Å². The van der Waals surface area contributed by atoms with Gasteiger partial charge in [0.2, 0.25) is 10.0 Å². The normalized spacial score (nSPS) is 19.5. The van der Waals surface area contributed by atoms with Gasteiger partial charge < -0.3 is 0 Å². The standard InChI is InChI=1S/C19H28N4O4S/c24-23(25)17-11-12-18(21-20-16-9-5-1-2-6-10-16)19(15-17)28(26,27)22-13-7-3-4-8-14-22/h11-12,15,21H,1-10,13-14H2. The minimum atomic E-state index is -3.84. The Kier molecular flexibility index (Phi) is 7.01. The zero-order chi connectivity index (χ0) is 20.0. The summed E-state index contributed by atoms with van der Waals surface area (Å²) >= 11 is 0. The number of hydrazone groups is 1. The van der Waals surface area contributed by atoms with Crippen molar-refractivity contribution in [2.24, 2.45) is 5.10 Å². The van der Waals surface area contributed by atoms with Crippen molar-refractivity contribution in [3.63, 3.8) is 0 Å². The highest BCUT2D eigenvalue weighted by Crippen LogP contribution is 2.30. The van der Waals surface area contributed by atoms with E-state index in [1.807, 2.05) is 0 Å². The lowest BCUT2D eigenvalue weighted by Gasteiger charge is -2.21. The summed E-state index contributed by atoms with van der Waals surface area (Å²) in [4.78, 5) is 10.6. The van der Waals surface area contributed by atoms with Crippen LogP contribution in [0.4, 0.5) is 11.4 Å². The van der Waals surface area contributed by atoms with Crippen LogP contribution in [0.3, 0.4) is 0 Å². The van der Waals surface area contributed by atoms with E-state index >= 15 is 0 Å². The van der Waals surface area contributed by atoms with E-state index in [2.05, 4.69) is 10.5 Å². The van der Waals surface area contributed by atoms with Gasteiger partial charge in [0.25, 0.3) is 5.69 Å². The van der Waals surface area contributed by atoms with Gasteiger partial charge in [0.1, 0.15) is 4.90 Å². The van der Waals surface area contributed by atoms with Crippen molar-refractivity contribution < 1.29 is 13.3 Å². The van der Waals surface area contributed by atoms with E-state index in [0.717, 1.165) is 63.1 Å². The number of anilines is 1. The minimum Gasteiger partial charge on any atom is -0.277 e. The molecule has 1 N–H and O–H groups in total. The molecule has 0 unspecified atom stereocenters. The van der Waals surface area contributed by atoms with E-state index in [4.69, 9.17) is 0 Å². The molecule has 1 aromatic carbocycles. The first-order chi connectivity index (χ1) is 13.5. The average molecular weight is 409 g/mol. The van der Waals surface area contributed by atoms with Crippen LogP contribution in [0.15, 0.2) is 28.2 Å². The third-order valence-electron chi connectivity index (χ3n) is 5.37. The lowest BCUT2D eigenvalue weighted by atomic mass is 10.2. The number of hydrogen-bond donors (Lipinski definition) is 1. The molecule has 9 heteroatoms. The minimum absolute atomic E-state index is 0.0680. The Morgan fingerprint density at radius 2 is 1.57 bits per heavy atom. The molecule has 2 fully saturated rings. The number of nitro groups is 1. The molecule has 0 bridgehead atoms. The predicted octanol–water partition coefficient (Wildman–Crippen LogP) is 4.28. The van der Waals surface area contributed by atoms with Crippen molar-refractivity contribution in [3.8, 4) is 0 Å². The number of nitrogens with one attached hydrogen (secondary N) is 1. The Morgan fingerprint density at radius 1 is 0.964 bits per heavy atom. The molecule has 2 aliphatic rings. The molecule has 1 aromatic rings. The molecule has 1 heterocycles. The molecular weight excluding hydrogens is 380 g/mol. The Hall–Kier alpha value is -2.00. The van der Waals surface area contributed by atoms with Crippen molar-refractivity contribution in [2.75, 3.05) is 18.5 Å². The highest BCUT2D eigenvalue weighted by molar-refractivity contribution is 7.89. The monoisotopic (exact) mass is 408 g/mol. The summed E-state index contributed by atoms with van der Waals surface area (Å²) < 4.78 is 28.0. The van der Waals surface area contributed by atoms with Gasteiger partial charge in [0.15, 0.2) is 0 Å². The van der Waals surface area contributed by atoms with Gasteiger partial charge in [-0.25, -0.2) is 8.42 Å². The largest absolute Gasteiger partial charge is 0.277 e. The molecule has 3 rings (SSSR count). The van der Waals surface area contributed by atoms with E-state index in [1.165, 1.54) is 29.3 Å². The lowest BCUT2D eigenvalue weighted by Crippen LogP contribution is -2.32. The fourth-order valence-electron chi connectivity index (χ4n) is 3.74. The maximum atomic E-state index is 13.3. The Morgan fingerprint density at radius 3 is 2.18 bits per heavy atom. The van der Waals surface area contributed by atoms with Crippen LogP contribution in [0.5, 0.6) is 0 Å². The number of sulfonamides is 1. The Balaban J connectivity index is 1.93. The Labute approximate surface area is 166 Å². The first kappa shape index (κ1) is 20.7. The molecule has 0 spiro atoms. The number of rotatable bonds is 5. The molecule has 1 saturated carbocycles. The van der Waals surface area contributed by atoms with Crippen LogP contribution >= 0.6 is 0 Å². The number of nitrogens with zero attached hydrogens (tertiary/aromatic N) is 3. The predicted molar refractivity (Wildman–Crippen MR) is 109 cm³/mol. The molecule has 8 nitrogen and oxygen atoms in total. The fraction of sp³-hybridized carbons (Fsp3) is 0.632. The van der Waals surface area contributed by atoms with E-state index < -0.39 is 14.9 Å². The van der Waals surface area contributed by atoms with Crippen molar-refractivity contribution >= 4 is 27.1 Å². The van der Waals surface area contributed by atoms with E-state index in [1.54, 1.807) is 0 Å². The van der Waals surface area contributed by atoms with Crippen molar-refractivity contribution in [1.82, 2.24) is 4.31 Å². The number of nitro benzene ring substituents is 1. The fourth-order valence-corrected chi connectivity index (χ4v) is 5.42. The topological polar surface area (TPSA) is 105 Å². The van der Waals surface area contributed by atoms with E-state index in [0.29, 0.717) is 18.8 Å². The summed E-state index contributed by atoms with van der Waals surface area (Å²) in [7, 11) is -3.84. The van der Waals surface area contributed by atoms with Crippen molar-refractivity contribution in [3.05, 3.63) is 28.3 Å². The van der Waals surface area contributed by atoms with Gasteiger partial charge in [0, 0.05) is 30.9 Å². The maximum Gasteiger partial charge on any atom is 0.270 e. The van der Waals surface area contributed by atoms with Crippen LogP contribution in [0.25, 0.3) is 0 Å². The molecule has 0 aromatic heterocycles. The highest BCUT2D eigenvalue weighted by atomic mass is 32.2. The summed E-state index contributed by atoms with van der Waals surface area (Å²) in [6, 6.07) is 3.91. The molecule has 154 valence electrons. The van der Waals surface area contributed by atoms with Crippen molar-refractivity contribution in [2.45, 2.75) is 69.1 Å². The summed E-state index contributed by atoms with van der Waals surface area (Å²) in [6.45, 7) is 0.887. The molecule has 1 saturated heterocycles. The maximum absolute atomic E-state index is 13.3. The number of benzene rings is 1. The van der Waals surface area contributed by atoms with Crippen LogP contribution < -0.4 is 5.43 Å². The molecule has 0 radical (unpaired) electrons. The average Bonchev–Trinajstić information content (AvgIpc) is 3.11. The zero-order valence-electron chi connectivity index (χ0n) is 16.1. The summed E-state index contributed by atoms with van der Waals surface area (Å²) in [5.41, 5.74) is 3.98. The van der Waals surface area contributed by atoms with Crippen LogP contribution in [0.2, 0.25) is 0 Å². The molecule has 28 heavy (non-hydrogen) atoms. The molecular formula is C19H28N4O4S. The quantitative estimate of drug-likeness (QED) is 0.445. The van der Waals surface area contributed by atoms with Gasteiger partial charge >= 0.3 is 0 Å². The van der Waals surface area contributed by atoms with Crippen LogP contribution in [-0.4, -0.2) is 36.4 Å². The second kappa shape index (κ2) is 9.47. The van der Waals surface area contributed by atoms with Gasteiger partial charge in [-0.3, -0.25) is 15.5 Å². The summed E-state index contributed by atoms with van der Waals surface area (Å²) in [5.74, 6) is 0.